The van der Waals surface area contributed by atoms with Crippen molar-refractivity contribution in [1.82, 2.24) is 5.32 Å². The first-order chi connectivity index (χ1) is 5.42. The van der Waals surface area contributed by atoms with E-state index in [4.69, 9.17) is 0 Å². The maximum atomic E-state index is 4.14. The van der Waals surface area contributed by atoms with E-state index >= 15 is 0 Å². The molecule has 0 spiro atoms. The molecule has 2 rings (SSSR count). The summed E-state index contributed by atoms with van der Waals surface area (Å²) in [6.07, 6.45) is 8.16. The highest BCUT2D eigenvalue weighted by Crippen LogP contribution is 2.30. The second kappa shape index (κ2) is 2.68. The minimum atomic E-state index is 0.448. The fourth-order valence-corrected chi connectivity index (χ4v) is 2.15. The van der Waals surface area contributed by atoms with Crippen molar-refractivity contribution in [3.8, 4) is 0 Å². The molecule has 1 N–H and O–H groups in total. The molecule has 2 heteroatoms. The summed E-state index contributed by atoms with van der Waals surface area (Å²) < 4.78 is 0. The molecule has 11 heavy (non-hydrogen) atoms. The quantitative estimate of drug-likeness (QED) is 0.560. The molecule has 0 saturated heterocycles. The monoisotopic (exact) mass is 150 g/mol. The Labute approximate surface area is 67.4 Å². The first kappa shape index (κ1) is 6.89. The van der Waals surface area contributed by atoms with Crippen LogP contribution in [-0.2, 0) is 0 Å². The fourth-order valence-electron chi connectivity index (χ4n) is 2.15. The molecule has 2 aliphatic rings. The van der Waals surface area contributed by atoms with E-state index in [9.17, 15) is 0 Å². The molecule has 3 atom stereocenters. The van der Waals surface area contributed by atoms with E-state index in [0.717, 1.165) is 5.92 Å². The highest BCUT2D eigenvalue weighted by Gasteiger charge is 2.32. The average molecular weight is 150 g/mol. The largest absolute Gasteiger partial charge is 0.386 e. The second-order valence-electron chi connectivity index (χ2n) is 3.40. The molecule has 0 aromatic carbocycles. The molecular formula is C9H14N2. The van der Waals surface area contributed by atoms with Gasteiger partial charge >= 0.3 is 0 Å². The predicted octanol–water partition coefficient (Wildman–Crippen LogP) is 1.34. The van der Waals surface area contributed by atoms with Gasteiger partial charge in [0.2, 0.25) is 0 Å². The van der Waals surface area contributed by atoms with E-state index in [-0.39, 0.29) is 0 Å². The minimum Gasteiger partial charge on any atom is -0.386 e. The number of nitrogens with one attached hydrogen (secondary N) is 1. The Bertz CT molecular complexity index is 186. The number of rotatable bonds is 1. The molecule has 1 aliphatic carbocycles. The van der Waals surface area contributed by atoms with Crippen molar-refractivity contribution in [2.45, 2.75) is 31.3 Å². The summed E-state index contributed by atoms with van der Waals surface area (Å²) in [5.74, 6) is 0.722. The Morgan fingerprint density at radius 3 is 3.18 bits per heavy atom. The van der Waals surface area contributed by atoms with Crippen LogP contribution in [0.3, 0.4) is 0 Å². The van der Waals surface area contributed by atoms with Crippen LogP contribution in [0.5, 0.6) is 0 Å². The molecule has 0 aromatic rings. The Balaban J connectivity index is 2.09. The van der Waals surface area contributed by atoms with Crippen molar-refractivity contribution in [3.63, 3.8) is 0 Å². The van der Waals surface area contributed by atoms with Gasteiger partial charge in [0.05, 0.1) is 12.1 Å². The summed E-state index contributed by atoms with van der Waals surface area (Å²) >= 11 is 0. The zero-order valence-corrected chi connectivity index (χ0v) is 6.66. The lowest BCUT2D eigenvalue weighted by Gasteiger charge is -2.30. The predicted molar refractivity (Wildman–Crippen MR) is 46.7 cm³/mol. The fraction of sp³-hybridized carbons (Fsp3) is 0.667. The number of fused-ring (bicyclic) bond motifs is 1. The highest BCUT2D eigenvalue weighted by molar-refractivity contribution is 5.25. The maximum Gasteiger partial charge on any atom is 0.0698 e. The first-order valence-electron chi connectivity index (χ1n) is 4.30. The third kappa shape index (κ3) is 1.06. The Morgan fingerprint density at radius 1 is 1.45 bits per heavy atom. The average Bonchev–Trinajstić information content (AvgIpc) is 2.50. The van der Waals surface area contributed by atoms with Crippen LogP contribution in [0.2, 0.25) is 0 Å². The van der Waals surface area contributed by atoms with E-state index in [1.54, 1.807) is 0 Å². The summed E-state index contributed by atoms with van der Waals surface area (Å²) in [6.45, 7) is 3.63. The van der Waals surface area contributed by atoms with Gasteiger partial charge in [-0.1, -0.05) is 12.5 Å². The van der Waals surface area contributed by atoms with Gasteiger partial charge in [0, 0.05) is 5.92 Å². The lowest BCUT2D eigenvalue weighted by Crippen LogP contribution is -2.40. The van der Waals surface area contributed by atoms with Gasteiger partial charge in [-0.25, -0.2) is 0 Å². The van der Waals surface area contributed by atoms with Gasteiger partial charge in [0.25, 0.3) is 0 Å². The van der Waals surface area contributed by atoms with Gasteiger partial charge in [-0.15, -0.1) is 0 Å². The molecule has 1 saturated carbocycles. The first-order valence-corrected chi connectivity index (χ1v) is 4.30. The maximum absolute atomic E-state index is 4.14. The van der Waals surface area contributed by atoms with Gasteiger partial charge in [0.15, 0.2) is 0 Å². The summed E-state index contributed by atoms with van der Waals surface area (Å²) in [4.78, 5) is 4.14. The van der Waals surface area contributed by atoms with Crippen LogP contribution in [0.25, 0.3) is 0 Å². The molecule has 1 fully saturated rings. The Morgan fingerprint density at radius 2 is 2.36 bits per heavy atom. The van der Waals surface area contributed by atoms with E-state index in [1.807, 2.05) is 0 Å². The molecule has 0 amide bonds. The van der Waals surface area contributed by atoms with Crippen molar-refractivity contribution < 1.29 is 0 Å². The van der Waals surface area contributed by atoms with Crippen molar-refractivity contribution >= 4 is 6.72 Å². The van der Waals surface area contributed by atoms with Crippen LogP contribution in [0.15, 0.2) is 17.3 Å². The molecule has 3 unspecified atom stereocenters. The van der Waals surface area contributed by atoms with Crippen LogP contribution in [0.1, 0.15) is 19.3 Å². The SMILES string of the molecule is C=NC1CCCC2C=CNC21. The molecule has 1 aliphatic heterocycles. The number of hydrogen-bond donors (Lipinski definition) is 1. The van der Waals surface area contributed by atoms with Gasteiger partial charge in [-0.3, -0.25) is 4.99 Å². The van der Waals surface area contributed by atoms with Crippen molar-refractivity contribution in [2.24, 2.45) is 10.9 Å². The van der Waals surface area contributed by atoms with Crippen LogP contribution < -0.4 is 5.32 Å². The zero-order chi connectivity index (χ0) is 7.68. The summed E-state index contributed by atoms with van der Waals surface area (Å²) in [7, 11) is 0. The topological polar surface area (TPSA) is 24.4 Å². The molecule has 0 aromatic heterocycles. The molecular weight excluding hydrogens is 136 g/mol. The summed E-state index contributed by atoms with van der Waals surface area (Å²) in [6, 6.07) is 1.00. The highest BCUT2D eigenvalue weighted by atomic mass is 15.0. The van der Waals surface area contributed by atoms with E-state index in [2.05, 4.69) is 29.3 Å². The van der Waals surface area contributed by atoms with E-state index < -0.39 is 0 Å². The lowest BCUT2D eigenvalue weighted by atomic mass is 9.83. The summed E-state index contributed by atoms with van der Waals surface area (Å²) in [5.41, 5.74) is 0. The molecule has 1 heterocycles. The van der Waals surface area contributed by atoms with Gasteiger partial charge in [0.1, 0.15) is 0 Å². The number of aliphatic imine (C=N–C) groups is 1. The van der Waals surface area contributed by atoms with E-state index in [1.165, 1.54) is 19.3 Å². The number of hydrogen-bond acceptors (Lipinski definition) is 2. The Hall–Kier alpha value is -0.790. The van der Waals surface area contributed by atoms with Gasteiger partial charge < -0.3 is 5.32 Å². The van der Waals surface area contributed by atoms with E-state index in [0.29, 0.717) is 12.1 Å². The van der Waals surface area contributed by atoms with Crippen molar-refractivity contribution in [3.05, 3.63) is 12.3 Å². The summed E-state index contributed by atoms with van der Waals surface area (Å²) in [5, 5.41) is 3.35. The zero-order valence-electron chi connectivity index (χ0n) is 6.66. The normalized spacial score (nSPS) is 41.3. The van der Waals surface area contributed by atoms with Crippen LogP contribution >= 0.6 is 0 Å². The van der Waals surface area contributed by atoms with Crippen molar-refractivity contribution in [1.29, 1.82) is 0 Å². The molecule has 0 bridgehead atoms. The lowest BCUT2D eigenvalue weighted by molar-refractivity contribution is 0.311. The number of nitrogens with zero attached hydrogens (tertiary/aromatic N) is 1. The van der Waals surface area contributed by atoms with Crippen LogP contribution in [0.4, 0.5) is 0 Å². The molecule has 2 nitrogen and oxygen atoms in total. The third-order valence-corrected chi connectivity index (χ3v) is 2.78. The minimum absolute atomic E-state index is 0.448. The molecule has 0 radical (unpaired) electrons. The van der Waals surface area contributed by atoms with Crippen LogP contribution in [0, 0.1) is 5.92 Å². The van der Waals surface area contributed by atoms with Gasteiger partial charge in [-0.2, -0.15) is 0 Å². The Kier molecular flexibility index (Phi) is 1.68. The van der Waals surface area contributed by atoms with Gasteiger partial charge in [-0.05, 0) is 25.8 Å². The standard InChI is InChI=1S/C9H14N2/c1-10-8-4-2-3-7-5-6-11-9(7)8/h5-9,11H,1-4H2. The third-order valence-electron chi connectivity index (χ3n) is 2.78. The van der Waals surface area contributed by atoms with Crippen LogP contribution in [-0.4, -0.2) is 18.8 Å². The molecule has 60 valence electrons. The van der Waals surface area contributed by atoms with Crippen molar-refractivity contribution in [2.75, 3.05) is 0 Å². The second-order valence-corrected chi connectivity index (χ2v) is 3.40. The smallest absolute Gasteiger partial charge is 0.0698 e.